The molecule has 1 aromatic carbocycles. The van der Waals surface area contributed by atoms with Gasteiger partial charge in [0.2, 0.25) is 5.91 Å². The number of thiophene rings is 1. The standard InChI is InChI=1S/C15H14ClNO2S/c16-13-4-1-11(2-5-13)3-6-15(19)17-9-14(18)12-7-8-20-10-12/h1-8,10,14,18H,9H2,(H,17,19)/b6-3+. The van der Waals surface area contributed by atoms with E-state index in [2.05, 4.69) is 5.32 Å². The smallest absolute Gasteiger partial charge is 0.244 e. The molecule has 2 rings (SSSR count). The van der Waals surface area contributed by atoms with Crippen molar-refractivity contribution in [3.05, 3.63) is 63.3 Å². The van der Waals surface area contributed by atoms with E-state index in [9.17, 15) is 9.90 Å². The van der Waals surface area contributed by atoms with Gasteiger partial charge in [-0.25, -0.2) is 0 Å². The third-order valence-corrected chi connectivity index (χ3v) is 3.65. The van der Waals surface area contributed by atoms with Crippen LogP contribution in [0.1, 0.15) is 17.2 Å². The second-order valence-electron chi connectivity index (χ2n) is 4.20. The van der Waals surface area contributed by atoms with Gasteiger partial charge < -0.3 is 10.4 Å². The molecule has 1 atom stereocenters. The molecule has 0 saturated heterocycles. The summed E-state index contributed by atoms with van der Waals surface area (Å²) in [5.41, 5.74) is 1.71. The van der Waals surface area contributed by atoms with Crippen LogP contribution in [0.3, 0.4) is 0 Å². The lowest BCUT2D eigenvalue weighted by atomic mass is 10.2. The lowest BCUT2D eigenvalue weighted by Gasteiger charge is -2.08. The van der Waals surface area contributed by atoms with Crippen LogP contribution in [0.4, 0.5) is 0 Å². The summed E-state index contributed by atoms with van der Waals surface area (Å²) in [4.78, 5) is 11.6. The van der Waals surface area contributed by atoms with Crippen molar-refractivity contribution in [2.45, 2.75) is 6.10 Å². The number of nitrogens with one attached hydrogen (secondary N) is 1. The monoisotopic (exact) mass is 307 g/mol. The van der Waals surface area contributed by atoms with Crippen molar-refractivity contribution >= 4 is 34.9 Å². The molecule has 0 aliphatic rings. The predicted octanol–water partition coefficient (Wildman–Crippen LogP) is 3.26. The van der Waals surface area contributed by atoms with Crippen molar-refractivity contribution in [1.29, 1.82) is 0 Å². The summed E-state index contributed by atoms with van der Waals surface area (Å²) < 4.78 is 0. The largest absolute Gasteiger partial charge is 0.387 e. The van der Waals surface area contributed by atoms with E-state index in [0.717, 1.165) is 11.1 Å². The first-order chi connectivity index (χ1) is 9.65. The molecule has 1 heterocycles. The molecule has 0 aliphatic heterocycles. The number of rotatable bonds is 5. The molecule has 0 fully saturated rings. The third kappa shape index (κ3) is 4.49. The number of carbonyl (C=O) groups is 1. The molecule has 2 N–H and O–H groups in total. The molecular formula is C15H14ClNO2S. The summed E-state index contributed by atoms with van der Waals surface area (Å²) in [6, 6.07) is 9.02. The van der Waals surface area contributed by atoms with Crippen molar-refractivity contribution < 1.29 is 9.90 Å². The van der Waals surface area contributed by atoms with Gasteiger partial charge >= 0.3 is 0 Å². The van der Waals surface area contributed by atoms with E-state index < -0.39 is 6.10 Å². The SMILES string of the molecule is O=C(/C=C/c1ccc(Cl)cc1)NCC(O)c1ccsc1. The van der Waals surface area contributed by atoms with Crippen molar-refractivity contribution in [2.24, 2.45) is 0 Å². The first kappa shape index (κ1) is 14.8. The molecule has 0 radical (unpaired) electrons. The van der Waals surface area contributed by atoms with Crippen LogP contribution < -0.4 is 5.32 Å². The van der Waals surface area contributed by atoms with Gasteiger partial charge in [-0.1, -0.05) is 23.7 Å². The third-order valence-electron chi connectivity index (χ3n) is 2.69. The molecule has 3 nitrogen and oxygen atoms in total. The highest BCUT2D eigenvalue weighted by molar-refractivity contribution is 7.07. The van der Waals surface area contributed by atoms with Gasteiger partial charge in [-0.3, -0.25) is 4.79 Å². The molecule has 0 saturated carbocycles. The molecule has 0 bridgehead atoms. The average molecular weight is 308 g/mol. The second kappa shape index (κ2) is 7.24. The Bertz CT molecular complexity index is 578. The lowest BCUT2D eigenvalue weighted by molar-refractivity contribution is -0.116. The van der Waals surface area contributed by atoms with Crippen LogP contribution in [0, 0.1) is 0 Å². The Hall–Kier alpha value is -1.62. The van der Waals surface area contributed by atoms with Crippen LogP contribution >= 0.6 is 22.9 Å². The first-order valence-electron chi connectivity index (χ1n) is 6.07. The van der Waals surface area contributed by atoms with E-state index in [1.807, 2.05) is 29.0 Å². The van der Waals surface area contributed by atoms with Gasteiger partial charge in [0.1, 0.15) is 0 Å². The van der Waals surface area contributed by atoms with Crippen molar-refractivity contribution in [1.82, 2.24) is 5.32 Å². The summed E-state index contributed by atoms with van der Waals surface area (Å²) in [6.07, 6.45) is 2.46. The molecule has 0 aliphatic carbocycles. The number of benzene rings is 1. The summed E-state index contributed by atoms with van der Waals surface area (Å²) in [5.74, 6) is -0.241. The van der Waals surface area contributed by atoms with Crippen molar-refractivity contribution in [3.8, 4) is 0 Å². The minimum Gasteiger partial charge on any atom is -0.387 e. The van der Waals surface area contributed by atoms with Crippen LogP contribution in [0.25, 0.3) is 6.08 Å². The second-order valence-corrected chi connectivity index (χ2v) is 5.42. The number of hydrogen-bond acceptors (Lipinski definition) is 3. The molecule has 0 spiro atoms. The zero-order chi connectivity index (χ0) is 14.4. The molecule has 5 heteroatoms. The van der Waals surface area contributed by atoms with E-state index in [4.69, 9.17) is 11.6 Å². The minimum atomic E-state index is -0.672. The molecule has 20 heavy (non-hydrogen) atoms. The Balaban J connectivity index is 1.82. The zero-order valence-electron chi connectivity index (χ0n) is 10.6. The molecule has 1 amide bonds. The van der Waals surface area contributed by atoms with Gasteiger partial charge in [0.05, 0.1) is 6.10 Å². The molecular weight excluding hydrogens is 294 g/mol. The Morgan fingerprint density at radius 2 is 2.10 bits per heavy atom. The number of aliphatic hydroxyl groups is 1. The maximum Gasteiger partial charge on any atom is 0.244 e. The fourth-order valence-corrected chi connectivity index (χ4v) is 2.42. The summed E-state index contributed by atoms with van der Waals surface area (Å²) >= 11 is 7.29. The van der Waals surface area contributed by atoms with Gasteiger partial charge in [0, 0.05) is 17.6 Å². The number of aliphatic hydroxyl groups excluding tert-OH is 1. The molecule has 1 unspecified atom stereocenters. The van der Waals surface area contributed by atoms with E-state index >= 15 is 0 Å². The average Bonchev–Trinajstić information content (AvgIpc) is 2.98. The van der Waals surface area contributed by atoms with E-state index in [1.165, 1.54) is 17.4 Å². The summed E-state index contributed by atoms with van der Waals surface area (Å²) in [7, 11) is 0. The van der Waals surface area contributed by atoms with Gasteiger partial charge in [-0.15, -0.1) is 0 Å². The Labute approximate surface area is 126 Å². The lowest BCUT2D eigenvalue weighted by Crippen LogP contribution is -2.26. The van der Waals surface area contributed by atoms with Crippen LogP contribution in [0.2, 0.25) is 5.02 Å². The molecule has 1 aromatic heterocycles. The Kier molecular flexibility index (Phi) is 5.35. The Morgan fingerprint density at radius 1 is 1.35 bits per heavy atom. The van der Waals surface area contributed by atoms with Crippen LogP contribution in [0.5, 0.6) is 0 Å². The van der Waals surface area contributed by atoms with Gasteiger partial charge in [-0.05, 0) is 46.2 Å². The van der Waals surface area contributed by atoms with Gasteiger partial charge in [-0.2, -0.15) is 11.3 Å². The fourth-order valence-electron chi connectivity index (χ4n) is 1.58. The van der Waals surface area contributed by atoms with Gasteiger partial charge in [0.25, 0.3) is 0 Å². The minimum absolute atomic E-state index is 0.195. The zero-order valence-corrected chi connectivity index (χ0v) is 12.2. The molecule has 2 aromatic rings. The number of amides is 1. The summed E-state index contributed by atoms with van der Waals surface area (Å²) in [6.45, 7) is 0.195. The van der Waals surface area contributed by atoms with Crippen molar-refractivity contribution in [3.63, 3.8) is 0 Å². The van der Waals surface area contributed by atoms with Crippen LogP contribution in [-0.2, 0) is 4.79 Å². The van der Waals surface area contributed by atoms with E-state index in [-0.39, 0.29) is 12.5 Å². The molecule has 104 valence electrons. The van der Waals surface area contributed by atoms with Gasteiger partial charge in [0.15, 0.2) is 0 Å². The van der Waals surface area contributed by atoms with E-state index in [0.29, 0.717) is 5.02 Å². The van der Waals surface area contributed by atoms with Crippen LogP contribution in [-0.4, -0.2) is 17.6 Å². The fraction of sp³-hybridized carbons (Fsp3) is 0.133. The first-order valence-corrected chi connectivity index (χ1v) is 7.39. The van der Waals surface area contributed by atoms with Crippen LogP contribution in [0.15, 0.2) is 47.2 Å². The number of hydrogen-bond donors (Lipinski definition) is 2. The predicted molar refractivity (Wildman–Crippen MR) is 82.8 cm³/mol. The van der Waals surface area contributed by atoms with Crippen molar-refractivity contribution in [2.75, 3.05) is 6.54 Å². The van der Waals surface area contributed by atoms with E-state index in [1.54, 1.807) is 18.2 Å². The Morgan fingerprint density at radius 3 is 2.75 bits per heavy atom. The summed E-state index contributed by atoms with van der Waals surface area (Å²) in [5, 5.41) is 16.9. The number of halogens is 1. The highest BCUT2D eigenvalue weighted by Crippen LogP contribution is 2.15. The maximum atomic E-state index is 11.6. The highest BCUT2D eigenvalue weighted by atomic mass is 35.5. The highest BCUT2D eigenvalue weighted by Gasteiger charge is 2.08. The topological polar surface area (TPSA) is 49.3 Å². The normalized spacial score (nSPS) is 12.5. The number of carbonyl (C=O) groups excluding carboxylic acids is 1. The maximum absolute atomic E-state index is 11.6. The quantitative estimate of drug-likeness (QED) is 0.833.